The van der Waals surface area contributed by atoms with Crippen LogP contribution in [0.4, 0.5) is 0 Å². The second kappa shape index (κ2) is 11.4. The van der Waals surface area contributed by atoms with Crippen molar-refractivity contribution in [3.8, 4) is 5.75 Å². The van der Waals surface area contributed by atoms with E-state index in [4.69, 9.17) is 16.3 Å². The molecule has 0 heterocycles. The lowest BCUT2D eigenvalue weighted by atomic mass is 10.1. The summed E-state index contributed by atoms with van der Waals surface area (Å²) in [6.45, 7) is 1.63. The van der Waals surface area contributed by atoms with E-state index in [2.05, 4.69) is 31.8 Å². The second-order valence-electron chi connectivity index (χ2n) is 6.92. The molecule has 0 aliphatic rings. The number of carbonyl (C=O) groups excluding carboxylic acids is 3. The standard InChI is InChI=1S/C24H19BrClN3O4/c1-15-3-2-4-17(11-15)23(31)27-14-22(30)29-28-13-18-12-19(25)7-10-21(18)33-24(32)16-5-8-20(26)9-6-16/h2-13H,14H2,1H3,(H,27,31)(H,29,30)/b28-13+. The Hall–Kier alpha value is -3.49. The van der Waals surface area contributed by atoms with Crippen molar-refractivity contribution in [3.63, 3.8) is 0 Å². The van der Waals surface area contributed by atoms with E-state index >= 15 is 0 Å². The van der Waals surface area contributed by atoms with Crippen LogP contribution in [0.3, 0.4) is 0 Å². The quantitative estimate of drug-likeness (QED) is 0.204. The average molecular weight is 529 g/mol. The number of esters is 1. The lowest BCUT2D eigenvalue weighted by Gasteiger charge is -2.08. The SMILES string of the molecule is Cc1cccc(C(=O)NCC(=O)N/N=C/c2cc(Br)ccc2OC(=O)c2ccc(Cl)cc2)c1. The van der Waals surface area contributed by atoms with Gasteiger partial charge >= 0.3 is 5.97 Å². The molecule has 2 N–H and O–H groups in total. The van der Waals surface area contributed by atoms with Gasteiger partial charge in [0.2, 0.25) is 0 Å². The number of nitrogens with one attached hydrogen (secondary N) is 2. The van der Waals surface area contributed by atoms with Gasteiger partial charge in [0, 0.05) is 20.6 Å². The summed E-state index contributed by atoms with van der Waals surface area (Å²) in [7, 11) is 0. The van der Waals surface area contributed by atoms with Crippen molar-refractivity contribution in [3.05, 3.63) is 98.5 Å². The van der Waals surface area contributed by atoms with Gasteiger partial charge in [-0.25, -0.2) is 10.2 Å². The Morgan fingerprint density at radius 3 is 2.52 bits per heavy atom. The van der Waals surface area contributed by atoms with Crippen LogP contribution < -0.4 is 15.5 Å². The zero-order chi connectivity index (χ0) is 23.8. The van der Waals surface area contributed by atoms with Gasteiger partial charge in [-0.05, 0) is 61.5 Å². The number of hydrogen-bond donors (Lipinski definition) is 2. The molecule has 168 valence electrons. The number of rotatable bonds is 7. The number of hydrogen-bond acceptors (Lipinski definition) is 5. The van der Waals surface area contributed by atoms with Crippen LogP contribution in [0.5, 0.6) is 5.75 Å². The number of halogens is 2. The lowest BCUT2D eigenvalue weighted by molar-refractivity contribution is -0.120. The van der Waals surface area contributed by atoms with Gasteiger partial charge < -0.3 is 10.1 Å². The summed E-state index contributed by atoms with van der Waals surface area (Å²) in [6, 6.07) is 18.3. The summed E-state index contributed by atoms with van der Waals surface area (Å²) in [5, 5.41) is 6.93. The van der Waals surface area contributed by atoms with Gasteiger partial charge in [-0.3, -0.25) is 9.59 Å². The molecule has 0 fully saturated rings. The number of carbonyl (C=O) groups is 3. The Labute approximate surface area is 203 Å². The van der Waals surface area contributed by atoms with E-state index in [1.807, 2.05) is 13.0 Å². The molecule has 0 aliphatic heterocycles. The van der Waals surface area contributed by atoms with Crippen molar-refractivity contribution in [2.24, 2.45) is 5.10 Å². The molecule has 0 atom stereocenters. The van der Waals surface area contributed by atoms with E-state index in [1.165, 1.54) is 6.21 Å². The molecule has 3 aromatic rings. The summed E-state index contributed by atoms with van der Waals surface area (Å²) in [5.74, 6) is -1.18. The fraction of sp³-hybridized carbons (Fsp3) is 0.0833. The van der Waals surface area contributed by atoms with Gasteiger partial charge in [0.15, 0.2) is 0 Å². The van der Waals surface area contributed by atoms with Crippen molar-refractivity contribution < 1.29 is 19.1 Å². The molecule has 9 heteroatoms. The Morgan fingerprint density at radius 2 is 1.79 bits per heavy atom. The summed E-state index contributed by atoms with van der Waals surface area (Å²) >= 11 is 9.20. The molecule has 0 spiro atoms. The van der Waals surface area contributed by atoms with E-state index < -0.39 is 11.9 Å². The summed E-state index contributed by atoms with van der Waals surface area (Å²) in [5.41, 5.74) is 4.53. The molecule has 0 unspecified atom stereocenters. The summed E-state index contributed by atoms with van der Waals surface area (Å²) in [4.78, 5) is 36.6. The first-order valence-electron chi connectivity index (χ1n) is 9.76. The molecule has 0 saturated carbocycles. The minimum atomic E-state index is -0.563. The van der Waals surface area contributed by atoms with E-state index in [1.54, 1.807) is 60.7 Å². The molecule has 3 rings (SSSR count). The Kier molecular flexibility index (Phi) is 8.34. The number of ether oxygens (including phenoxy) is 1. The zero-order valence-electron chi connectivity index (χ0n) is 17.5. The molecule has 0 radical (unpaired) electrons. The van der Waals surface area contributed by atoms with Gasteiger partial charge in [0.25, 0.3) is 11.8 Å². The largest absolute Gasteiger partial charge is 0.422 e. The number of aryl methyl sites for hydroxylation is 1. The monoisotopic (exact) mass is 527 g/mol. The smallest absolute Gasteiger partial charge is 0.343 e. The third-order valence-corrected chi connectivity index (χ3v) is 5.08. The highest BCUT2D eigenvalue weighted by Crippen LogP contribution is 2.23. The first kappa shape index (κ1) is 24.2. The minimum Gasteiger partial charge on any atom is -0.422 e. The normalized spacial score (nSPS) is 10.6. The van der Waals surface area contributed by atoms with Crippen molar-refractivity contribution >= 4 is 51.5 Å². The van der Waals surface area contributed by atoms with Crippen LogP contribution in [0.15, 0.2) is 76.3 Å². The van der Waals surface area contributed by atoms with Crippen LogP contribution in [0.1, 0.15) is 31.8 Å². The fourth-order valence-corrected chi connectivity index (χ4v) is 3.22. The average Bonchev–Trinajstić information content (AvgIpc) is 2.79. The predicted octanol–water partition coefficient (Wildman–Crippen LogP) is 4.51. The zero-order valence-corrected chi connectivity index (χ0v) is 19.8. The molecule has 0 aromatic heterocycles. The van der Waals surface area contributed by atoms with E-state index in [0.29, 0.717) is 21.7 Å². The Morgan fingerprint density at radius 1 is 1.03 bits per heavy atom. The lowest BCUT2D eigenvalue weighted by Crippen LogP contribution is -2.34. The molecule has 0 bridgehead atoms. The third kappa shape index (κ3) is 7.27. The number of hydrazone groups is 1. The molecule has 0 saturated heterocycles. The van der Waals surface area contributed by atoms with Crippen molar-refractivity contribution in [1.29, 1.82) is 0 Å². The third-order valence-electron chi connectivity index (χ3n) is 4.34. The maximum atomic E-state index is 12.4. The molecule has 7 nitrogen and oxygen atoms in total. The van der Waals surface area contributed by atoms with Gasteiger partial charge in [-0.15, -0.1) is 0 Å². The Bertz CT molecular complexity index is 1210. The minimum absolute atomic E-state index is 0.249. The van der Waals surface area contributed by atoms with Gasteiger partial charge in [-0.1, -0.05) is 45.2 Å². The maximum Gasteiger partial charge on any atom is 0.343 e. The van der Waals surface area contributed by atoms with Gasteiger partial charge in [-0.2, -0.15) is 5.10 Å². The first-order valence-corrected chi connectivity index (χ1v) is 10.9. The summed E-state index contributed by atoms with van der Waals surface area (Å²) in [6.07, 6.45) is 1.34. The highest BCUT2D eigenvalue weighted by Gasteiger charge is 2.12. The highest BCUT2D eigenvalue weighted by atomic mass is 79.9. The fourth-order valence-electron chi connectivity index (χ4n) is 2.72. The highest BCUT2D eigenvalue weighted by molar-refractivity contribution is 9.10. The Balaban J connectivity index is 1.59. The maximum absolute atomic E-state index is 12.4. The second-order valence-corrected chi connectivity index (χ2v) is 8.28. The van der Waals surface area contributed by atoms with E-state index in [-0.39, 0.29) is 18.2 Å². The van der Waals surface area contributed by atoms with Gasteiger partial charge in [0.05, 0.1) is 18.3 Å². The van der Waals surface area contributed by atoms with Crippen molar-refractivity contribution in [1.82, 2.24) is 10.7 Å². The molecule has 2 amide bonds. The van der Waals surface area contributed by atoms with Crippen molar-refractivity contribution in [2.75, 3.05) is 6.54 Å². The van der Waals surface area contributed by atoms with Crippen LogP contribution in [0.2, 0.25) is 5.02 Å². The molecule has 3 aromatic carbocycles. The van der Waals surface area contributed by atoms with Crippen LogP contribution in [-0.2, 0) is 4.79 Å². The van der Waals surface area contributed by atoms with E-state index in [0.717, 1.165) is 10.0 Å². The molecular formula is C24H19BrClN3O4. The molecule has 0 aliphatic carbocycles. The number of amides is 2. The van der Waals surface area contributed by atoms with Crippen LogP contribution >= 0.6 is 27.5 Å². The van der Waals surface area contributed by atoms with Crippen LogP contribution in [0, 0.1) is 6.92 Å². The predicted molar refractivity (Wildman–Crippen MR) is 130 cm³/mol. The van der Waals surface area contributed by atoms with Crippen molar-refractivity contribution in [2.45, 2.75) is 6.92 Å². The molecule has 33 heavy (non-hydrogen) atoms. The number of benzene rings is 3. The first-order chi connectivity index (χ1) is 15.8. The summed E-state index contributed by atoms with van der Waals surface area (Å²) < 4.78 is 6.19. The van der Waals surface area contributed by atoms with Gasteiger partial charge in [0.1, 0.15) is 5.75 Å². The van der Waals surface area contributed by atoms with Crippen LogP contribution in [0.25, 0.3) is 0 Å². The van der Waals surface area contributed by atoms with E-state index in [9.17, 15) is 14.4 Å². The topological polar surface area (TPSA) is 96.9 Å². The molecular weight excluding hydrogens is 510 g/mol. The van der Waals surface area contributed by atoms with Crippen LogP contribution in [-0.4, -0.2) is 30.5 Å². The number of nitrogens with zero attached hydrogens (tertiary/aromatic N) is 1.